The first-order valence-electron chi connectivity index (χ1n) is 7.31. The van der Waals surface area contributed by atoms with Gasteiger partial charge in [-0.15, -0.1) is 11.3 Å². The summed E-state index contributed by atoms with van der Waals surface area (Å²) >= 11 is 1.73. The molecule has 1 aromatic rings. The Morgan fingerprint density at radius 1 is 1.42 bits per heavy atom. The number of hydrogen-bond donors (Lipinski definition) is 0. The molecule has 0 atom stereocenters. The topological polar surface area (TPSA) is 20.3 Å². The van der Waals surface area contributed by atoms with Crippen LogP contribution >= 0.6 is 11.3 Å². The molecule has 0 aromatic carbocycles. The normalized spacial score (nSPS) is 15.5. The molecular formula is C16H25NOS. The van der Waals surface area contributed by atoms with Crippen molar-refractivity contribution >= 4 is 17.1 Å². The molecule has 19 heavy (non-hydrogen) atoms. The maximum absolute atomic E-state index is 12.4. The summed E-state index contributed by atoms with van der Waals surface area (Å²) in [6.45, 7) is 10.3. The summed E-state index contributed by atoms with van der Waals surface area (Å²) in [4.78, 5) is 17.2. The van der Waals surface area contributed by atoms with E-state index in [1.807, 2.05) is 0 Å². The summed E-state index contributed by atoms with van der Waals surface area (Å²) in [6, 6.07) is 2.72. The second-order valence-electron chi connectivity index (χ2n) is 6.13. The first-order valence-corrected chi connectivity index (χ1v) is 8.13. The number of Topliss-reactive ketones (excluding diaryl/α,β-unsaturated/α-hetero) is 1. The Morgan fingerprint density at radius 2 is 2.11 bits per heavy atom. The van der Waals surface area contributed by atoms with E-state index in [1.54, 1.807) is 11.3 Å². The van der Waals surface area contributed by atoms with Gasteiger partial charge in [0.15, 0.2) is 5.78 Å². The molecule has 0 spiro atoms. The number of carbonyl (C=O) groups excluding carboxylic acids is 1. The minimum Gasteiger partial charge on any atom is -0.293 e. The van der Waals surface area contributed by atoms with E-state index in [-0.39, 0.29) is 0 Å². The van der Waals surface area contributed by atoms with E-state index in [1.165, 1.54) is 29.0 Å². The van der Waals surface area contributed by atoms with Crippen LogP contribution in [0.25, 0.3) is 0 Å². The highest BCUT2D eigenvalue weighted by molar-refractivity contribution is 7.12. The van der Waals surface area contributed by atoms with Gasteiger partial charge >= 0.3 is 0 Å². The van der Waals surface area contributed by atoms with Gasteiger partial charge in [0, 0.05) is 21.4 Å². The minimum atomic E-state index is 0.303. The van der Waals surface area contributed by atoms with E-state index in [0.29, 0.717) is 24.3 Å². The second kappa shape index (κ2) is 6.19. The Hall–Kier alpha value is -0.670. The van der Waals surface area contributed by atoms with Crippen LogP contribution in [0.5, 0.6) is 0 Å². The third-order valence-corrected chi connectivity index (χ3v) is 4.71. The summed E-state index contributed by atoms with van der Waals surface area (Å²) in [5.41, 5.74) is 0.942. The Balaban J connectivity index is 1.96. The van der Waals surface area contributed by atoms with Gasteiger partial charge in [-0.25, -0.2) is 0 Å². The summed E-state index contributed by atoms with van der Waals surface area (Å²) in [6.07, 6.45) is 3.73. The predicted molar refractivity (Wildman–Crippen MR) is 82.2 cm³/mol. The molecule has 2 nitrogen and oxygen atoms in total. The van der Waals surface area contributed by atoms with E-state index in [2.05, 4.69) is 38.7 Å². The molecule has 3 heteroatoms. The summed E-state index contributed by atoms with van der Waals surface area (Å²) in [5, 5.41) is 0. The van der Waals surface area contributed by atoms with Gasteiger partial charge in [-0.05, 0) is 51.6 Å². The van der Waals surface area contributed by atoms with Crippen LogP contribution < -0.4 is 0 Å². The van der Waals surface area contributed by atoms with E-state index in [4.69, 9.17) is 0 Å². The van der Waals surface area contributed by atoms with E-state index >= 15 is 0 Å². The molecule has 1 saturated carbocycles. The van der Waals surface area contributed by atoms with Gasteiger partial charge in [0.1, 0.15) is 0 Å². The average molecular weight is 279 g/mol. The zero-order valence-corrected chi connectivity index (χ0v) is 13.3. The fraction of sp³-hybridized carbons (Fsp3) is 0.688. The van der Waals surface area contributed by atoms with Gasteiger partial charge in [0.05, 0.1) is 6.54 Å². The van der Waals surface area contributed by atoms with E-state index < -0.39 is 0 Å². The third kappa shape index (κ3) is 4.15. The van der Waals surface area contributed by atoms with Gasteiger partial charge < -0.3 is 0 Å². The molecule has 2 rings (SSSR count). The van der Waals surface area contributed by atoms with Crippen molar-refractivity contribution in [3.8, 4) is 0 Å². The van der Waals surface area contributed by atoms with E-state index in [0.717, 1.165) is 12.1 Å². The molecule has 1 fully saturated rings. The van der Waals surface area contributed by atoms with Crippen molar-refractivity contribution in [2.45, 2.75) is 53.0 Å². The maximum Gasteiger partial charge on any atom is 0.177 e. The molecule has 0 aliphatic heterocycles. The number of rotatable bonds is 7. The highest BCUT2D eigenvalue weighted by atomic mass is 32.1. The van der Waals surface area contributed by atoms with Crippen LogP contribution in [-0.2, 0) is 0 Å². The number of hydrogen-bond acceptors (Lipinski definition) is 3. The molecule has 1 aliphatic rings. The highest BCUT2D eigenvalue weighted by Crippen LogP contribution is 2.28. The lowest BCUT2D eigenvalue weighted by Crippen LogP contribution is -2.33. The lowest BCUT2D eigenvalue weighted by Gasteiger charge is -2.22. The van der Waals surface area contributed by atoms with Crippen molar-refractivity contribution in [1.82, 2.24) is 4.90 Å². The zero-order valence-electron chi connectivity index (χ0n) is 12.5. The van der Waals surface area contributed by atoms with Gasteiger partial charge in [-0.3, -0.25) is 9.69 Å². The fourth-order valence-corrected chi connectivity index (χ4v) is 3.37. The van der Waals surface area contributed by atoms with Crippen molar-refractivity contribution in [3.05, 3.63) is 21.4 Å². The fourth-order valence-electron chi connectivity index (χ4n) is 2.43. The number of ketones is 1. The molecular weight excluding hydrogens is 254 g/mol. The molecule has 0 saturated heterocycles. The quantitative estimate of drug-likeness (QED) is 0.702. The Kier molecular flexibility index (Phi) is 4.80. The summed E-state index contributed by atoms with van der Waals surface area (Å²) < 4.78 is 0. The van der Waals surface area contributed by atoms with Crippen LogP contribution in [0.15, 0.2) is 6.07 Å². The number of thiophene rings is 1. The van der Waals surface area contributed by atoms with Crippen molar-refractivity contribution in [2.24, 2.45) is 5.92 Å². The molecule has 1 heterocycles. The SMILES string of the molecule is Cc1cc(C(=O)CN(CCC(C)C)C2CC2)c(C)s1. The third-order valence-electron chi connectivity index (χ3n) is 3.75. The lowest BCUT2D eigenvalue weighted by atomic mass is 10.1. The molecule has 0 radical (unpaired) electrons. The zero-order chi connectivity index (χ0) is 14.0. The van der Waals surface area contributed by atoms with Crippen LogP contribution in [0.2, 0.25) is 0 Å². The Morgan fingerprint density at radius 3 is 2.58 bits per heavy atom. The number of carbonyl (C=O) groups is 1. The van der Waals surface area contributed by atoms with Gasteiger partial charge in [-0.1, -0.05) is 13.8 Å². The first-order chi connectivity index (χ1) is 8.97. The monoisotopic (exact) mass is 279 g/mol. The minimum absolute atomic E-state index is 0.303. The van der Waals surface area contributed by atoms with Crippen LogP contribution in [0.4, 0.5) is 0 Å². The standard InChI is InChI=1S/C16H25NOS/c1-11(2)7-8-17(14-5-6-14)10-16(18)15-9-12(3)19-13(15)4/h9,11,14H,5-8,10H2,1-4H3. The highest BCUT2D eigenvalue weighted by Gasteiger charge is 2.30. The molecule has 1 aliphatic carbocycles. The molecule has 0 unspecified atom stereocenters. The largest absolute Gasteiger partial charge is 0.293 e. The number of nitrogens with zero attached hydrogens (tertiary/aromatic N) is 1. The van der Waals surface area contributed by atoms with Crippen molar-refractivity contribution in [3.63, 3.8) is 0 Å². The lowest BCUT2D eigenvalue weighted by molar-refractivity contribution is 0.0920. The second-order valence-corrected chi connectivity index (χ2v) is 7.59. The van der Waals surface area contributed by atoms with Crippen LogP contribution in [0, 0.1) is 19.8 Å². The Labute approximate surface area is 120 Å². The number of aryl methyl sites for hydroxylation is 2. The van der Waals surface area contributed by atoms with Crippen LogP contribution in [0.1, 0.15) is 53.2 Å². The predicted octanol–water partition coefficient (Wildman–Crippen LogP) is 4.06. The van der Waals surface area contributed by atoms with Crippen molar-refractivity contribution in [2.75, 3.05) is 13.1 Å². The average Bonchev–Trinajstić information content (AvgIpc) is 3.10. The maximum atomic E-state index is 12.4. The van der Waals surface area contributed by atoms with Crippen molar-refractivity contribution in [1.29, 1.82) is 0 Å². The molecule has 1 aromatic heterocycles. The van der Waals surface area contributed by atoms with Crippen LogP contribution in [-0.4, -0.2) is 29.8 Å². The molecule has 0 N–H and O–H groups in total. The smallest absolute Gasteiger partial charge is 0.177 e. The molecule has 0 bridgehead atoms. The summed E-state index contributed by atoms with van der Waals surface area (Å²) in [7, 11) is 0. The van der Waals surface area contributed by atoms with Gasteiger partial charge in [0.25, 0.3) is 0 Å². The van der Waals surface area contributed by atoms with E-state index in [9.17, 15) is 4.79 Å². The van der Waals surface area contributed by atoms with Gasteiger partial charge in [-0.2, -0.15) is 0 Å². The summed E-state index contributed by atoms with van der Waals surface area (Å²) in [5.74, 6) is 1.01. The molecule has 106 valence electrons. The van der Waals surface area contributed by atoms with Gasteiger partial charge in [0.2, 0.25) is 0 Å². The molecule has 0 amide bonds. The van der Waals surface area contributed by atoms with Crippen LogP contribution in [0.3, 0.4) is 0 Å². The first kappa shape index (κ1) is 14.7. The van der Waals surface area contributed by atoms with Crippen molar-refractivity contribution < 1.29 is 4.79 Å². The Bertz CT molecular complexity index is 446.